The van der Waals surface area contributed by atoms with Crippen LogP contribution >= 0.6 is 0 Å². The molecule has 2 amide bonds. The number of amides is 2. The highest BCUT2D eigenvalue weighted by Crippen LogP contribution is 2.50. The number of piperidine rings is 1. The quantitative estimate of drug-likeness (QED) is 0.312. The summed E-state index contributed by atoms with van der Waals surface area (Å²) >= 11 is 0. The van der Waals surface area contributed by atoms with E-state index in [1.807, 2.05) is 12.1 Å². The minimum Gasteiger partial charge on any atom is -0.493 e. The number of hydrogen-bond acceptors (Lipinski definition) is 6. The molecule has 0 unspecified atom stereocenters. The summed E-state index contributed by atoms with van der Waals surface area (Å²) in [6.45, 7) is 2.92. The van der Waals surface area contributed by atoms with Gasteiger partial charge in [0.2, 0.25) is 11.8 Å². The molecule has 8 nitrogen and oxygen atoms in total. The number of carbonyl (C=O) groups excluding carboxylic acids is 3. The second-order valence-electron chi connectivity index (χ2n) is 10.7. The summed E-state index contributed by atoms with van der Waals surface area (Å²) in [7, 11) is 3.14. The van der Waals surface area contributed by atoms with Gasteiger partial charge in [-0.1, -0.05) is 23.8 Å². The van der Waals surface area contributed by atoms with E-state index in [1.54, 1.807) is 32.1 Å². The van der Waals surface area contributed by atoms with Crippen LogP contribution in [0, 0.1) is 11.3 Å². The first kappa shape index (κ1) is 28.7. The zero-order chi connectivity index (χ0) is 27.8. The lowest BCUT2D eigenvalue weighted by atomic mass is 9.66. The molecule has 0 bridgehead atoms. The number of allylic oxidation sites excluding steroid dienone is 2. The SMILES string of the molecule is CCOC(=O)[C@]12CCCC=C1N(CCC1=CCCCC1)C(=O)[C@H](CC(=O)NCc1ccc(OC)c(OC)c1)C2. The van der Waals surface area contributed by atoms with Crippen molar-refractivity contribution in [3.8, 4) is 11.5 Å². The Morgan fingerprint density at radius 3 is 2.59 bits per heavy atom. The van der Waals surface area contributed by atoms with Crippen molar-refractivity contribution < 1.29 is 28.6 Å². The van der Waals surface area contributed by atoms with Crippen LogP contribution < -0.4 is 14.8 Å². The first-order valence-corrected chi connectivity index (χ1v) is 14.3. The van der Waals surface area contributed by atoms with Crippen molar-refractivity contribution in [3.63, 3.8) is 0 Å². The molecule has 2 aliphatic carbocycles. The highest BCUT2D eigenvalue weighted by molar-refractivity contribution is 5.92. The zero-order valence-electron chi connectivity index (χ0n) is 23.6. The number of rotatable bonds is 11. The van der Waals surface area contributed by atoms with E-state index in [-0.39, 0.29) is 30.8 Å². The van der Waals surface area contributed by atoms with Crippen LogP contribution in [0.25, 0.3) is 0 Å². The number of nitrogens with one attached hydrogen (secondary N) is 1. The summed E-state index contributed by atoms with van der Waals surface area (Å²) in [5.41, 5.74) is 2.15. The predicted molar refractivity (Wildman–Crippen MR) is 148 cm³/mol. The average Bonchev–Trinajstić information content (AvgIpc) is 2.96. The van der Waals surface area contributed by atoms with Crippen molar-refractivity contribution in [1.82, 2.24) is 10.2 Å². The molecule has 1 heterocycles. The fraction of sp³-hybridized carbons (Fsp3) is 0.581. The van der Waals surface area contributed by atoms with Gasteiger partial charge in [0.25, 0.3) is 0 Å². The average molecular weight is 539 g/mol. The van der Waals surface area contributed by atoms with Crippen molar-refractivity contribution >= 4 is 17.8 Å². The van der Waals surface area contributed by atoms with E-state index in [4.69, 9.17) is 14.2 Å². The summed E-state index contributed by atoms with van der Waals surface area (Å²) in [5.74, 6) is 0.0472. The maximum atomic E-state index is 13.8. The molecule has 3 aliphatic rings. The number of likely N-dealkylation sites (tertiary alicyclic amines) is 1. The van der Waals surface area contributed by atoms with Gasteiger partial charge in [-0.05, 0) is 82.4 Å². The van der Waals surface area contributed by atoms with Gasteiger partial charge in [0.1, 0.15) is 5.41 Å². The van der Waals surface area contributed by atoms with E-state index >= 15 is 0 Å². The second-order valence-corrected chi connectivity index (χ2v) is 10.7. The molecule has 1 aromatic rings. The predicted octanol–water partition coefficient (Wildman–Crippen LogP) is 5.07. The number of esters is 1. The van der Waals surface area contributed by atoms with Gasteiger partial charge in [-0.2, -0.15) is 0 Å². The molecule has 1 N–H and O–H groups in total. The number of hydrogen-bond donors (Lipinski definition) is 1. The summed E-state index contributed by atoms with van der Waals surface area (Å²) in [6, 6.07) is 5.48. The molecule has 1 fully saturated rings. The van der Waals surface area contributed by atoms with E-state index in [1.165, 1.54) is 18.4 Å². The molecule has 0 aromatic heterocycles. The largest absolute Gasteiger partial charge is 0.493 e. The Balaban J connectivity index is 1.51. The Labute approximate surface area is 231 Å². The fourth-order valence-electron chi connectivity index (χ4n) is 6.21. The second kappa shape index (κ2) is 13.2. The van der Waals surface area contributed by atoms with Crippen molar-refractivity contribution in [2.45, 2.75) is 77.7 Å². The third kappa shape index (κ3) is 6.48. The highest BCUT2D eigenvalue weighted by atomic mass is 16.5. The van der Waals surface area contributed by atoms with Gasteiger partial charge >= 0.3 is 5.97 Å². The lowest BCUT2D eigenvalue weighted by Gasteiger charge is -2.48. The van der Waals surface area contributed by atoms with Crippen LogP contribution in [0.2, 0.25) is 0 Å². The van der Waals surface area contributed by atoms with Crippen LogP contribution in [0.3, 0.4) is 0 Å². The van der Waals surface area contributed by atoms with Crippen molar-refractivity contribution in [3.05, 3.63) is 47.2 Å². The molecule has 0 spiro atoms. The minimum atomic E-state index is -0.878. The fourth-order valence-corrected chi connectivity index (χ4v) is 6.21. The number of benzene rings is 1. The maximum Gasteiger partial charge on any atom is 0.318 e. The minimum absolute atomic E-state index is 0.0275. The maximum absolute atomic E-state index is 13.8. The van der Waals surface area contributed by atoms with Crippen LogP contribution in [-0.2, 0) is 25.7 Å². The lowest BCUT2D eigenvalue weighted by molar-refractivity contribution is -0.162. The van der Waals surface area contributed by atoms with Gasteiger partial charge in [-0.3, -0.25) is 14.4 Å². The van der Waals surface area contributed by atoms with E-state index < -0.39 is 11.3 Å². The number of carbonyl (C=O) groups is 3. The summed E-state index contributed by atoms with van der Waals surface area (Å²) < 4.78 is 16.2. The Hall–Kier alpha value is -3.29. The monoisotopic (exact) mass is 538 g/mol. The number of methoxy groups -OCH3 is 2. The summed E-state index contributed by atoms with van der Waals surface area (Å²) in [4.78, 5) is 42.2. The molecule has 39 heavy (non-hydrogen) atoms. The van der Waals surface area contributed by atoms with Crippen molar-refractivity contribution in [2.24, 2.45) is 11.3 Å². The standard InChI is InChI=1S/C31H42N2O6/c1-4-39-30(36)31-16-9-8-12-27(31)33(17-15-22-10-6-5-7-11-22)29(35)24(20-31)19-28(34)32-21-23-13-14-25(37-2)26(18-23)38-3/h10,12-14,18,24H,4-9,11,15-17,19-21H2,1-3H3,(H,32,34)/t24-,31+/m1/s1. The molecule has 1 saturated heterocycles. The van der Waals surface area contributed by atoms with Crippen molar-refractivity contribution in [2.75, 3.05) is 27.4 Å². The lowest BCUT2D eigenvalue weighted by Crippen LogP contribution is -2.54. The Morgan fingerprint density at radius 1 is 1.08 bits per heavy atom. The molecular weight excluding hydrogens is 496 g/mol. The Morgan fingerprint density at radius 2 is 1.87 bits per heavy atom. The third-order valence-corrected chi connectivity index (χ3v) is 8.21. The van der Waals surface area contributed by atoms with Gasteiger partial charge in [-0.15, -0.1) is 0 Å². The normalized spacial score (nSPS) is 22.8. The molecular formula is C31H42N2O6. The smallest absolute Gasteiger partial charge is 0.318 e. The van der Waals surface area contributed by atoms with Gasteiger partial charge in [0.05, 0.1) is 20.8 Å². The van der Waals surface area contributed by atoms with Gasteiger partial charge < -0.3 is 24.4 Å². The zero-order valence-corrected chi connectivity index (χ0v) is 23.6. The van der Waals surface area contributed by atoms with Crippen LogP contribution in [-0.4, -0.2) is 50.1 Å². The first-order chi connectivity index (χ1) is 18.9. The molecule has 4 rings (SSSR count). The molecule has 8 heteroatoms. The molecule has 1 aromatic carbocycles. The van der Waals surface area contributed by atoms with Crippen molar-refractivity contribution in [1.29, 1.82) is 0 Å². The van der Waals surface area contributed by atoms with Crippen LogP contribution in [0.4, 0.5) is 0 Å². The van der Waals surface area contributed by atoms with E-state index in [2.05, 4.69) is 17.5 Å². The summed E-state index contributed by atoms with van der Waals surface area (Å²) in [6.07, 6.45) is 12.3. The highest BCUT2D eigenvalue weighted by Gasteiger charge is 2.54. The number of nitrogens with zero attached hydrogens (tertiary/aromatic N) is 1. The number of ether oxygens (including phenoxy) is 3. The van der Waals surface area contributed by atoms with Crippen LogP contribution in [0.1, 0.15) is 76.7 Å². The van der Waals surface area contributed by atoms with Gasteiger partial charge in [0, 0.05) is 31.1 Å². The van der Waals surface area contributed by atoms with Gasteiger partial charge in [-0.25, -0.2) is 0 Å². The topological polar surface area (TPSA) is 94.2 Å². The van der Waals surface area contributed by atoms with E-state index in [9.17, 15) is 14.4 Å². The molecule has 1 aliphatic heterocycles. The Kier molecular flexibility index (Phi) is 9.70. The number of fused-ring (bicyclic) bond motifs is 1. The Bertz CT molecular complexity index is 1130. The van der Waals surface area contributed by atoms with E-state index in [0.29, 0.717) is 37.4 Å². The molecule has 0 radical (unpaired) electrons. The third-order valence-electron chi connectivity index (χ3n) is 8.21. The first-order valence-electron chi connectivity index (χ1n) is 14.3. The van der Waals surface area contributed by atoms with Crippen LogP contribution in [0.15, 0.2) is 41.6 Å². The molecule has 212 valence electrons. The van der Waals surface area contributed by atoms with Crippen LogP contribution in [0.5, 0.6) is 11.5 Å². The molecule has 2 atom stereocenters. The molecule has 0 saturated carbocycles. The summed E-state index contributed by atoms with van der Waals surface area (Å²) in [5, 5.41) is 2.95. The van der Waals surface area contributed by atoms with E-state index in [0.717, 1.165) is 43.4 Å². The van der Waals surface area contributed by atoms with Gasteiger partial charge in [0.15, 0.2) is 11.5 Å².